The van der Waals surface area contributed by atoms with Gasteiger partial charge in [0.05, 0.1) is 6.04 Å². The Balaban J connectivity index is 1.27. The smallest absolute Gasteiger partial charge is 0.251 e. The van der Waals surface area contributed by atoms with Gasteiger partial charge in [-0.1, -0.05) is 37.3 Å². The Morgan fingerprint density at radius 2 is 1.58 bits per heavy atom. The van der Waals surface area contributed by atoms with Crippen molar-refractivity contribution >= 4 is 11.6 Å². The Morgan fingerprint density at radius 1 is 0.935 bits per heavy atom. The average molecular weight is 421 g/mol. The average Bonchev–Trinajstić information content (AvgIpc) is 2.85. The summed E-state index contributed by atoms with van der Waals surface area (Å²) in [4.78, 5) is 20.4. The third-order valence-corrected chi connectivity index (χ3v) is 6.98. The van der Waals surface area contributed by atoms with E-state index in [9.17, 15) is 4.79 Å². The van der Waals surface area contributed by atoms with E-state index in [0.29, 0.717) is 0 Å². The second-order valence-electron chi connectivity index (χ2n) is 8.84. The topological polar surface area (TPSA) is 38.8 Å². The number of amides is 1. The molecule has 4 rings (SSSR count). The molecule has 2 aliphatic rings. The lowest BCUT2D eigenvalue weighted by atomic mass is 10.0. The molecule has 2 aliphatic heterocycles. The number of benzene rings is 2. The van der Waals surface area contributed by atoms with Crippen LogP contribution in [0.5, 0.6) is 0 Å². The molecule has 0 radical (unpaired) electrons. The number of hydrogen-bond donors (Lipinski definition) is 1. The Kier molecular flexibility index (Phi) is 7.25. The van der Waals surface area contributed by atoms with Crippen molar-refractivity contribution in [1.29, 1.82) is 0 Å². The summed E-state index contributed by atoms with van der Waals surface area (Å²) in [5.74, 6) is -0.0205. The molecule has 1 N–H and O–H groups in total. The highest BCUT2D eigenvalue weighted by molar-refractivity contribution is 5.94. The van der Waals surface area contributed by atoms with Crippen LogP contribution in [-0.4, -0.2) is 67.6 Å². The zero-order valence-corrected chi connectivity index (χ0v) is 19.0. The first kappa shape index (κ1) is 21.8. The second-order valence-corrected chi connectivity index (χ2v) is 8.84. The highest BCUT2D eigenvalue weighted by atomic mass is 16.1. The first-order valence-corrected chi connectivity index (χ1v) is 11.8. The predicted octanol–water partition coefficient (Wildman–Crippen LogP) is 3.78. The summed E-state index contributed by atoms with van der Waals surface area (Å²) in [7, 11) is 0. The maximum absolute atomic E-state index is 12.6. The largest absolute Gasteiger partial charge is 0.371 e. The number of anilines is 1. The summed E-state index contributed by atoms with van der Waals surface area (Å²) in [5.41, 5.74) is 3.06. The molecule has 1 atom stereocenters. The van der Waals surface area contributed by atoms with Crippen LogP contribution in [0.15, 0.2) is 54.6 Å². The van der Waals surface area contributed by atoms with Crippen molar-refractivity contribution in [3.8, 4) is 0 Å². The summed E-state index contributed by atoms with van der Waals surface area (Å²) < 4.78 is 0. The summed E-state index contributed by atoms with van der Waals surface area (Å²) in [5, 5.41) is 3.10. The van der Waals surface area contributed by atoms with Gasteiger partial charge < -0.3 is 15.1 Å². The van der Waals surface area contributed by atoms with Crippen molar-refractivity contribution in [3.63, 3.8) is 0 Å². The van der Waals surface area contributed by atoms with Gasteiger partial charge in [-0.05, 0) is 56.1 Å². The van der Waals surface area contributed by atoms with E-state index in [1.165, 1.54) is 51.3 Å². The van der Waals surface area contributed by atoms with Crippen molar-refractivity contribution in [2.45, 2.75) is 38.8 Å². The zero-order valence-electron chi connectivity index (χ0n) is 19.0. The highest BCUT2D eigenvalue weighted by Gasteiger charge is 2.27. The van der Waals surface area contributed by atoms with E-state index in [1.54, 1.807) is 0 Å². The van der Waals surface area contributed by atoms with Crippen molar-refractivity contribution in [2.75, 3.05) is 50.7 Å². The van der Waals surface area contributed by atoms with Crippen LogP contribution in [0.4, 0.5) is 5.69 Å². The van der Waals surface area contributed by atoms with Crippen molar-refractivity contribution < 1.29 is 4.79 Å². The number of hydrogen-bond acceptors (Lipinski definition) is 4. The zero-order chi connectivity index (χ0) is 21.6. The maximum atomic E-state index is 12.6. The number of piperazine rings is 1. The van der Waals surface area contributed by atoms with Crippen LogP contribution in [0.3, 0.4) is 0 Å². The van der Waals surface area contributed by atoms with Crippen LogP contribution in [-0.2, 0) is 0 Å². The molecule has 2 heterocycles. The molecule has 5 nitrogen and oxygen atoms in total. The third kappa shape index (κ3) is 5.46. The normalized spacial score (nSPS) is 19.9. The molecule has 2 saturated heterocycles. The van der Waals surface area contributed by atoms with E-state index in [2.05, 4.69) is 39.1 Å². The maximum Gasteiger partial charge on any atom is 0.251 e. The third-order valence-electron chi connectivity index (χ3n) is 6.98. The lowest BCUT2D eigenvalue weighted by Crippen LogP contribution is -2.53. The Bertz CT molecular complexity index is 822. The molecule has 166 valence electrons. The number of nitrogens with zero attached hydrogens (tertiary/aromatic N) is 3. The first-order valence-electron chi connectivity index (χ1n) is 11.8. The van der Waals surface area contributed by atoms with Crippen LogP contribution in [0.2, 0.25) is 0 Å². The highest BCUT2D eigenvalue weighted by Crippen LogP contribution is 2.24. The molecular weight excluding hydrogens is 384 g/mol. The van der Waals surface area contributed by atoms with Gasteiger partial charge in [-0.2, -0.15) is 0 Å². The lowest BCUT2D eigenvalue weighted by molar-refractivity contribution is 0.0878. The number of carbonyl (C=O) groups is 1. The van der Waals surface area contributed by atoms with E-state index in [0.717, 1.165) is 30.3 Å². The van der Waals surface area contributed by atoms with Gasteiger partial charge in [-0.25, -0.2) is 0 Å². The molecule has 0 bridgehead atoms. The van der Waals surface area contributed by atoms with Gasteiger partial charge in [0.1, 0.15) is 0 Å². The van der Waals surface area contributed by atoms with Gasteiger partial charge in [0.2, 0.25) is 0 Å². The molecule has 0 aromatic heterocycles. The van der Waals surface area contributed by atoms with Gasteiger partial charge in [0.25, 0.3) is 5.91 Å². The van der Waals surface area contributed by atoms with E-state index >= 15 is 0 Å². The van der Waals surface area contributed by atoms with Gasteiger partial charge >= 0.3 is 0 Å². The molecule has 0 aliphatic carbocycles. The summed E-state index contributed by atoms with van der Waals surface area (Å²) in [6.07, 6.45) is 2.45. The number of carbonyl (C=O) groups excluding carboxylic acids is 1. The molecule has 0 spiro atoms. The molecule has 31 heavy (non-hydrogen) atoms. The van der Waals surface area contributed by atoms with Crippen LogP contribution >= 0.6 is 0 Å². The summed E-state index contributed by atoms with van der Waals surface area (Å²) in [6, 6.07) is 18.9. The summed E-state index contributed by atoms with van der Waals surface area (Å²) in [6.45, 7) is 12.5. The molecule has 1 amide bonds. The molecule has 1 unspecified atom stereocenters. The van der Waals surface area contributed by atoms with Gasteiger partial charge in [-0.15, -0.1) is 0 Å². The first-order chi connectivity index (χ1) is 15.1. The van der Waals surface area contributed by atoms with Gasteiger partial charge in [-0.3, -0.25) is 9.69 Å². The second kappa shape index (κ2) is 10.3. The van der Waals surface area contributed by atoms with Crippen molar-refractivity contribution in [2.24, 2.45) is 0 Å². The Hall–Kier alpha value is -2.37. The van der Waals surface area contributed by atoms with Crippen LogP contribution < -0.4 is 10.2 Å². The minimum absolute atomic E-state index is 0.00778. The molecule has 2 fully saturated rings. The quantitative estimate of drug-likeness (QED) is 0.772. The molecule has 2 aromatic rings. The number of nitrogens with one attached hydrogen (secondary N) is 1. The fraction of sp³-hybridized carbons (Fsp3) is 0.500. The SMILES string of the molecule is CCN1CCN(C2CCN(c3ccc(C(=O)NC(C)c4ccccc4)cc3)CC2)CC1. The minimum Gasteiger partial charge on any atom is -0.371 e. The van der Waals surface area contributed by atoms with Crippen LogP contribution in [0.25, 0.3) is 0 Å². The molecule has 2 aromatic carbocycles. The fourth-order valence-electron chi connectivity index (χ4n) is 4.86. The minimum atomic E-state index is -0.0205. The van der Waals surface area contributed by atoms with E-state index < -0.39 is 0 Å². The number of likely N-dealkylation sites (N-methyl/N-ethyl adjacent to an activating group) is 1. The Labute approximate surface area is 187 Å². The Morgan fingerprint density at radius 3 is 2.19 bits per heavy atom. The fourth-order valence-corrected chi connectivity index (χ4v) is 4.86. The van der Waals surface area contributed by atoms with E-state index in [4.69, 9.17) is 0 Å². The van der Waals surface area contributed by atoms with Crippen LogP contribution in [0, 0.1) is 0 Å². The van der Waals surface area contributed by atoms with Crippen LogP contribution in [0.1, 0.15) is 48.7 Å². The number of rotatable bonds is 6. The predicted molar refractivity (Wildman–Crippen MR) is 128 cm³/mol. The molecular formula is C26H36N4O. The number of piperidine rings is 1. The standard InChI is InChI=1S/C26H36N4O/c1-3-28-17-19-30(20-18-28)25-13-15-29(16-14-25)24-11-9-23(10-12-24)26(31)27-21(2)22-7-5-4-6-8-22/h4-12,21,25H,3,13-20H2,1-2H3,(H,27,31). The molecule has 0 saturated carbocycles. The van der Waals surface area contributed by atoms with E-state index in [1.807, 2.05) is 49.4 Å². The van der Waals surface area contributed by atoms with E-state index in [-0.39, 0.29) is 11.9 Å². The van der Waals surface area contributed by atoms with Gasteiger partial charge in [0.15, 0.2) is 0 Å². The van der Waals surface area contributed by atoms with Gasteiger partial charge in [0, 0.05) is 56.6 Å². The monoisotopic (exact) mass is 420 g/mol. The summed E-state index contributed by atoms with van der Waals surface area (Å²) >= 11 is 0. The van der Waals surface area contributed by atoms with Crippen molar-refractivity contribution in [1.82, 2.24) is 15.1 Å². The molecule has 5 heteroatoms. The van der Waals surface area contributed by atoms with Crippen molar-refractivity contribution in [3.05, 3.63) is 65.7 Å². The lowest BCUT2D eigenvalue weighted by Gasteiger charge is -2.43.